The van der Waals surface area contributed by atoms with Crippen LogP contribution in [-0.4, -0.2) is 32.0 Å². The highest BCUT2D eigenvalue weighted by Gasteiger charge is 2.17. The summed E-state index contributed by atoms with van der Waals surface area (Å²) in [7, 11) is 1.65. The molecule has 0 aliphatic heterocycles. The molecule has 2 aromatic carbocycles. The maximum atomic E-state index is 5.53. The summed E-state index contributed by atoms with van der Waals surface area (Å²) in [6, 6.07) is 23.5. The van der Waals surface area contributed by atoms with E-state index in [1.807, 2.05) is 77.4 Å². The van der Waals surface area contributed by atoms with Crippen LogP contribution in [0.4, 0.5) is 0 Å². The Morgan fingerprint density at radius 3 is 2.44 bits per heavy atom. The summed E-state index contributed by atoms with van der Waals surface area (Å²) in [6.07, 6.45) is 3.49. The summed E-state index contributed by atoms with van der Waals surface area (Å²) >= 11 is 1.55. The van der Waals surface area contributed by atoms with Crippen molar-refractivity contribution in [2.75, 3.05) is 7.11 Å². The summed E-state index contributed by atoms with van der Waals surface area (Å²) in [5.74, 6) is 2.87. The third kappa shape index (κ3) is 4.13. The molecular formula is C24H19N5O2S. The monoisotopic (exact) mass is 441 g/mol. The number of pyridine rings is 1. The molecule has 0 atom stereocenters. The summed E-state index contributed by atoms with van der Waals surface area (Å²) in [5, 5.41) is 13.9. The molecule has 0 spiro atoms. The van der Waals surface area contributed by atoms with Gasteiger partial charge < -0.3 is 9.26 Å². The van der Waals surface area contributed by atoms with Crippen molar-refractivity contribution >= 4 is 11.8 Å². The van der Waals surface area contributed by atoms with E-state index in [0.29, 0.717) is 5.75 Å². The lowest BCUT2D eigenvalue weighted by Gasteiger charge is -2.10. The van der Waals surface area contributed by atoms with E-state index in [1.165, 1.54) is 0 Å². The van der Waals surface area contributed by atoms with Gasteiger partial charge in [0.25, 0.3) is 0 Å². The molecule has 5 aromatic rings. The lowest BCUT2D eigenvalue weighted by atomic mass is 10.2. The minimum Gasteiger partial charge on any atom is -0.497 e. The Labute approximate surface area is 189 Å². The summed E-state index contributed by atoms with van der Waals surface area (Å²) in [6.45, 7) is 0. The lowest BCUT2D eigenvalue weighted by Crippen LogP contribution is -2.00. The van der Waals surface area contributed by atoms with E-state index in [1.54, 1.807) is 31.3 Å². The molecule has 0 aliphatic carbocycles. The Kier molecular flexibility index (Phi) is 5.67. The summed E-state index contributed by atoms with van der Waals surface area (Å²) in [5.41, 5.74) is 3.71. The Bertz CT molecular complexity index is 1300. The van der Waals surface area contributed by atoms with Crippen LogP contribution in [0.1, 0.15) is 5.69 Å². The van der Waals surface area contributed by atoms with Crippen LogP contribution < -0.4 is 4.74 Å². The van der Waals surface area contributed by atoms with Crippen LogP contribution in [-0.2, 0) is 5.75 Å². The van der Waals surface area contributed by atoms with Gasteiger partial charge in [0.1, 0.15) is 5.75 Å². The van der Waals surface area contributed by atoms with Crippen molar-refractivity contribution in [3.05, 3.63) is 90.9 Å². The fourth-order valence-corrected chi connectivity index (χ4v) is 4.10. The number of thioether (sulfide) groups is 1. The normalized spacial score (nSPS) is 10.9. The van der Waals surface area contributed by atoms with Crippen molar-refractivity contribution in [1.29, 1.82) is 0 Å². The van der Waals surface area contributed by atoms with Crippen molar-refractivity contribution in [2.24, 2.45) is 0 Å². The highest BCUT2D eigenvalue weighted by atomic mass is 32.2. The van der Waals surface area contributed by atoms with Gasteiger partial charge in [-0.3, -0.25) is 9.55 Å². The van der Waals surface area contributed by atoms with Crippen LogP contribution >= 0.6 is 11.8 Å². The maximum absolute atomic E-state index is 5.53. The molecule has 0 unspecified atom stereocenters. The molecule has 0 amide bonds. The van der Waals surface area contributed by atoms with Gasteiger partial charge in [0.2, 0.25) is 0 Å². The van der Waals surface area contributed by atoms with E-state index < -0.39 is 0 Å². The van der Waals surface area contributed by atoms with E-state index in [4.69, 9.17) is 9.26 Å². The Morgan fingerprint density at radius 1 is 0.906 bits per heavy atom. The molecule has 158 valence electrons. The van der Waals surface area contributed by atoms with Gasteiger partial charge in [-0.05, 0) is 36.4 Å². The van der Waals surface area contributed by atoms with E-state index in [-0.39, 0.29) is 0 Å². The van der Waals surface area contributed by atoms with Gasteiger partial charge in [-0.25, -0.2) is 0 Å². The average Bonchev–Trinajstić information content (AvgIpc) is 3.51. The fraction of sp³-hybridized carbons (Fsp3) is 0.0833. The zero-order chi connectivity index (χ0) is 21.8. The molecular weight excluding hydrogens is 422 g/mol. The van der Waals surface area contributed by atoms with Gasteiger partial charge >= 0.3 is 0 Å². The first-order valence-corrected chi connectivity index (χ1v) is 10.9. The molecule has 3 aromatic heterocycles. The average molecular weight is 442 g/mol. The molecule has 0 saturated carbocycles. The van der Waals surface area contributed by atoms with Gasteiger partial charge in [-0.15, -0.1) is 10.2 Å². The summed E-state index contributed by atoms with van der Waals surface area (Å²) in [4.78, 5) is 4.11. The van der Waals surface area contributed by atoms with Gasteiger partial charge in [0, 0.05) is 41.0 Å². The molecule has 0 aliphatic rings. The van der Waals surface area contributed by atoms with Crippen LogP contribution in [0.25, 0.3) is 28.4 Å². The number of ether oxygens (including phenoxy) is 1. The smallest absolute Gasteiger partial charge is 0.196 e. The van der Waals surface area contributed by atoms with Gasteiger partial charge in [0.15, 0.2) is 16.7 Å². The van der Waals surface area contributed by atoms with E-state index in [2.05, 4.69) is 20.3 Å². The molecule has 0 N–H and O–H groups in total. The standard InChI is InChI=1S/C24H19N5O2S/c1-30-21-9-7-20(8-10-21)29-23(18-11-13-25-14-12-18)26-27-24(29)32-16-19-15-22(31-28-19)17-5-3-2-4-6-17/h2-15H,16H2,1H3. The van der Waals surface area contributed by atoms with E-state index in [9.17, 15) is 0 Å². The van der Waals surface area contributed by atoms with Gasteiger partial charge in [-0.1, -0.05) is 47.3 Å². The number of hydrogen-bond acceptors (Lipinski definition) is 7. The number of nitrogens with zero attached hydrogens (tertiary/aromatic N) is 5. The quantitative estimate of drug-likeness (QED) is 0.318. The molecule has 8 heteroatoms. The first-order valence-electron chi connectivity index (χ1n) is 9.96. The number of aromatic nitrogens is 5. The van der Waals surface area contributed by atoms with Gasteiger partial charge in [0.05, 0.1) is 12.8 Å². The second kappa shape index (κ2) is 9.07. The predicted molar refractivity (Wildman–Crippen MR) is 123 cm³/mol. The van der Waals surface area contributed by atoms with Crippen LogP contribution in [0.5, 0.6) is 5.75 Å². The molecule has 5 rings (SSSR count). The number of hydrogen-bond donors (Lipinski definition) is 0. The van der Waals surface area contributed by atoms with Crippen LogP contribution in [0.15, 0.2) is 94.9 Å². The van der Waals surface area contributed by atoms with Crippen LogP contribution in [0, 0.1) is 0 Å². The van der Waals surface area contributed by atoms with Crippen molar-refractivity contribution < 1.29 is 9.26 Å². The lowest BCUT2D eigenvalue weighted by molar-refractivity contribution is 0.414. The third-order valence-corrected chi connectivity index (χ3v) is 5.83. The molecule has 3 heterocycles. The first-order chi connectivity index (χ1) is 15.8. The van der Waals surface area contributed by atoms with Crippen molar-refractivity contribution in [1.82, 2.24) is 24.9 Å². The Morgan fingerprint density at radius 2 is 1.69 bits per heavy atom. The molecule has 32 heavy (non-hydrogen) atoms. The SMILES string of the molecule is COc1ccc(-n2c(SCc3cc(-c4ccccc4)on3)nnc2-c2ccncc2)cc1. The first kappa shape index (κ1) is 20.0. The van der Waals surface area contributed by atoms with Gasteiger partial charge in [-0.2, -0.15) is 0 Å². The summed E-state index contributed by atoms with van der Waals surface area (Å²) < 4.78 is 12.9. The predicted octanol–water partition coefficient (Wildman–Crippen LogP) is 5.29. The zero-order valence-corrected chi connectivity index (χ0v) is 18.1. The molecule has 0 fully saturated rings. The number of methoxy groups -OCH3 is 1. The van der Waals surface area contributed by atoms with Crippen molar-refractivity contribution in [3.63, 3.8) is 0 Å². The fourth-order valence-electron chi connectivity index (χ4n) is 3.27. The minimum atomic E-state index is 0.598. The second-order valence-corrected chi connectivity index (χ2v) is 7.86. The van der Waals surface area contributed by atoms with Crippen molar-refractivity contribution in [3.8, 4) is 34.1 Å². The molecule has 0 radical (unpaired) electrons. The van der Waals surface area contributed by atoms with Crippen LogP contribution in [0.3, 0.4) is 0 Å². The third-order valence-electron chi connectivity index (χ3n) is 4.87. The van der Waals surface area contributed by atoms with Crippen molar-refractivity contribution in [2.45, 2.75) is 10.9 Å². The highest BCUT2D eigenvalue weighted by molar-refractivity contribution is 7.98. The molecule has 0 bridgehead atoms. The second-order valence-electron chi connectivity index (χ2n) is 6.91. The van der Waals surface area contributed by atoms with Crippen LogP contribution in [0.2, 0.25) is 0 Å². The Balaban J connectivity index is 1.45. The maximum Gasteiger partial charge on any atom is 0.196 e. The minimum absolute atomic E-state index is 0.598. The van der Waals surface area contributed by atoms with E-state index >= 15 is 0 Å². The largest absolute Gasteiger partial charge is 0.497 e. The topological polar surface area (TPSA) is 78.9 Å². The number of benzene rings is 2. The number of rotatable bonds is 7. The Hall–Kier alpha value is -3.91. The molecule has 7 nitrogen and oxygen atoms in total. The molecule has 0 saturated heterocycles. The highest BCUT2D eigenvalue weighted by Crippen LogP contribution is 2.31. The zero-order valence-electron chi connectivity index (χ0n) is 17.3. The van der Waals surface area contributed by atoms with E-state index in [0.717, 1.165) is 45.0 Å².